The van der Waals surface area contributed by atoms with Crippen LogP contribution in [0.3, 0.4) is 0 Å². The first kappa shape index (κ1) is 24.1. The van der Waals surface area contributed by atoms with Crippen molar-refractivity contribution in [1.82, 2.24) is 14.2 Å². The minimum Gasteiger partial charge on any atom is -0.493 e. The molecular formula is C27H30N4O4. The van der Waals surface area contributed by atoms with Gasteiger partial charge < -0.3 is 19.4 Å². The van der Waals surface area contributed by atoms with Gasteiger partial charge >= 0.3 is 0 Å². The molecule has 0 aliphatic heterocycles. The quantitative estimate of drug-likeness (QED) is 0.434. The van der Waals surface area contributed by atoms with Crippen LogP contribution >= 0.6 is 0 Å². The molecule has 0 aliphatic carbocycles. The topological polar surface area (TPSA) is 86.9 Å². The number of carbonyl (C=O) groups is 1. The molecule has 35 heavy (non-hydrogen) atoms. The summed E-state index contributed by atoms with van der Waals surface area (Å²) in [4.78, 5) is 25.9. The molecule has 1 amide bonds. The Hall–Kier alpha value is -4.07. The summed E-state index contributed by atoms with van der Waals surface area (Å²) in [6, 6.07) is 13.2. The van der Waals surface area contributed by atoms with E-state index in [-0.39, 0.29) is 17.9 Å². The van der Waals surface area contributed by atoms with Crippen LogP contribution in [0.5, 0.6) is 11.5 Å². The highest BCUT2D eigenvalue weighted by molar-refractivity contribution is 5.91. The van der Waals surface area contributed by atoms with Crippen LogP contribution in [0.15, 0.2) is 47.3 Å². The number of nitrogens with zero attached hydrogens (tertiary/aromatic N) is 3. The van der Waals surface area contributed by atoms with Crippen molar-refractivity contribution in [3.63, 3.8) is 0 Å². The fourth-order valence-corrected chi connectivity index (χ4v) is 4.12. The third kappa shape index (κ3) is 4.64. The van der Waals surface area contributed by atoms with E-state index in [2.05, 4.69) is 10.4 Å². The van der Waals surface area contributed by atoms with Gasteiger partial charge in [-0.25, -0.2) is 0 Å². The number of nitrogens with one attached hydrogen (secondary N) is 1. The summed E-state index contributed by atoms with van der Waals surface area (Å²) >= 11 is 0. The predicted molar refractivity (Wildman–Crippen MR) is 137 cm³/mol. The molecule has 0 spiro atoms. The number of fused-ring (bicyclic) bond motifs is 1. The molecule has 2 heterocycles. The molecule has 0 saturated carbocycles. The van der Waals surface area contributed by atoms with Crippen molar-refractivity contribution in [3.8, 4) is 22.8 Å². The zero-order chi connectivity index (χ0) is 25.3. The van der Waals surface area contributed by atoms with E-state index >= 15 is 0 Å². The van der Waals surface area contributed by atoms with Gasteiger partial charge in [0.25, 0.3) is 5.56 Å². The maximum atomic E-state index is 13.3. The highest BCUT2D eigenvalue weighted by Crippen LogP contribution is 2.32. The van der Waals surface area contributed by atoms with Gasteiger partial charge in [-0.3, -0.25) is 9.59 Å². The number of aromatic nitrogens is 3. The van der Waals surface area contributed by atoms with E-state index in [1.54, 1.807) is 20.3 Å². The van der Waals surface area contributed by atoms with Gasteiger partial charge in [0.05, 0.1) is 19.9 Å². The number of methoxy groups -OCH3 is 2. The third-order valence-electron chi connectivity index (χ3n) is 6.50. The number of amides is 1. The van der Waals surface area contributed by atoms with Crippen LogP contribution in [0.2, 0.25) is 0 Å². The molecule has 4 rings (SSSR count). The van der Waals surface area contributed by atoms with Gasteiger partial charge in [0.2, 0.25) is 5.91 Å². The Morgan fingerprint density at radius 2 is 1.71 bits per heavy atom. The van der Waals surface area contributed by atoms with Gasteiger partial charge in [-0.05, 0) is 68.7 Å². The first-order valence-electron chi connectivity index (χ1n) is 11.4. The van der Waals surface area contributed by atoms with Gasteiger partial charge in [-0.15, -0.1) is 0 Å². The summed E-state index contributed by atoms with van der Waals surface area (Å²) in [7, 11) is 5.05. The summed E-state index contributed by atoms with van der Waals surface area (Å²) < 4.78 is 14.0. The number of hydrogen-bond acceptors (Lipinski definition) is 5. The van der Waals surface area contributed by atoms with E-state index in [0.29, 0.717) is 34.8 Å². The smallest absolute Gasteiger partial charge is 0.277 e. The zero-order valence-electron chi connectivity index (χ0n) is 20.9. The first-order chi connectivity index (χ1) is 16.7. The summed E-state index contributed by atoms with van der Waals surface area (Å²) in [6.07, 6.45) is 0.509. The van der Waals surface area contributed by atoms with Crippen LogP contribution in [0, 0.1) is 20.8 Å². The monoisotopic (exact) mass is 474 g/mol. The van der Waals surface area contributed by atoms with Crippen LogP contribution in [0.4, 0.5) is 5.69 Å². The summed E-state index contributed by atoms with van der Waals surface area (Å²) in [5.74, 6) is 1.06. The van der Waals surface area contributed by atoms with E-state index < -0.39 is 0 Å². The normalized spacial score (nSPS) is 11.0. The Balaban J connectivity index is 1.62. The van der Waals surface area contributed by atoms with Gasteiger partial charge in [-0.2, -0.15) is 9.61 Å². The summed E-state index contributed by atoms with van der Waals surface area (Å²) in [5, 5.41) is 7.50. The molecule has 0 fully saturated rings. The molecule has 0 bridgehead atoms. The molecule has 8 nitrogen and oxygen atoms in total. The molecule has 0 saturated heterocycles. The maximum absolute atomic E-state index is 13.3. The molecule has 0 radical (unpaired) electrons. The van der Waals surface area contributed by atoms with Crippen LogP contribution < -0.4 is 20.3 Å². The highest BCUT2D eigenvalue weighted by Gasteiger charge is 2.17. The maximum Gasteiger partial charge on any atom is 0.277 e. The number of anilines is 1. The van der Waals surface area contributed by atoms with Crippen molar-refractivity contribution < 1.29 is 14.3 Å². The van der Waals surface area contributed by atoms with Gasteiger partial charge in [0, 0.05) is 42.0 Å². The van der Waals surface area contributed by atoms with Crippen LogP contribution in [-0.4, -0.2) is 34.3 Å². The lowest BCUT2D eigenvalue weighted by molar-refractivity contribution is -0.116. The molecule has 0 atom stereocenters. The van der Waals surface area contributed by atoms with Crippen molar-refractivity contribution in [2.24, 2.45) is 7.05 Å². The third-order valence-corrected chi connectivity index (χ3v) is 6.50. The van der Waals surface area contributed by atoms with Crippen molar-refractivity contribution in [3.05, 3.63) is 75.2 Å². The van der Waals surface area contributed by atoms with E-state index in [1.165, 1.54) is 10.1 Å². The van der Waals surface area contributed by atoms with Crippen molar-refractivity contribution >= 4 is 17.2 Å². The fourth-order valence-electron chi connectivity index (χ4n) is 4.12. The Morgan fingerprint density at radius 1 is 0.971 bits per heavy atom. The van der Waals surface area contributed by atoms with E-state index in [9.17, 15) is 9.59 Å². The SMILES string of the molecule is COc1ccc(-c2cc3n(C)c(C)c(CCC(=O)Nc4ccc(C)c(C)c4)c(=O)n3n2)cc1OC. The van der Waals surface area contributed by atoms with Crippen LogP contribution in [0.25, 0.3) is 16.9 Å². The molecule has 2 aromatic heterocycles. The number of ether oxygens (including phenoxy) is 2. The molecule has 2 aromatic carbocycles. The molecule has 182 valence electrons. The Kier molecular flexibility index (Phi) is 6.64. The molecule has 8 heteroatoms. The average molecular weight is 475 g/mol. The molecule has 1 N–H and O–H groups in total. The molecule has 0 aliphatic rings. The van der Waals surface area contributed by atoms with E-state index in [4.69, 9.17) is 9.47 Å². The number of rotatable bonds is 7. The van der Waals surface area contributed by atoms with E-state index in [1.807, 2.05) is 68.8 Å². The first-order valence-corrected chi connectivity index (χ1v) is 11.4. The second kappa shape index (κ2) is 9.66. The largest absolute Gasteiger partial charge is 0.493 e. The molecule has 4 aromatic rings. The number of hydrogen-bond donors (Lipinski definition) is 1. The fraction of sp³-hybridized carbons (Fsp3) is 0.296. The minimum absolute atomic E-state index is 0.138. The number of carbonyl (C=O) groups excluding carboxylic acids is 1. The van der Waals surface area contributed by atoms with Crippen LogP contribution in [-0.2, 0) is 18.3 Å². The van der Waals surface area contributed by atoms with Gasteiger partial charge in [0.15, 0.2) is 11.5 Å². The van der Waals surface area contributed by atoms with Crippen molar-refractivity contribution in [2.75, 3.05) is 19.5 Å². The van der Waals surface area contributed by atoms with E-state index in [0.717, 1.165) is 22.5 Å². The van der Waals surface area contributed by atoms with Crippen LogP contribution in [0.1, 0.15) is 28.8 Å². The molecular weight excluding hydrogens is 444 g/mol. The standard InChI is InChI=1S/C27H30N4O4/c1-16-7-9-20(13-17(16)2)28-25(32)12-10-21-18(3)30(4)26-15-22(29-31(26)27(21)33)19-8-11-23(34-5)24(14-19)35-6/h7-9,11,13-15H,10,12H2,1-6H3,(H,28,32). The summed E-state index contributed by atoms with van der Waals surface area (Å²) in [6.45, 7) is 5.93. The number of aryl methyl sites for hydroxylation is 3. The number of benzene rings is 2. The van der Waals surface area contributed by atoms with Crippen molar-refractivity contribution in [1.29, 1.82) is 0 Å². The van der Waals surface area contributed by atoms with Crippen molar-refractivity contribution in [2.45, 2.75) is 33.6 Å². The zero-order valence-corrected chi connectivity index (χ0v) is 20.9. The lowest BCUT2D eigenvalue weighted by Gasteiger charge is -2.12. The predicted octanol–water partition coefficient (Wildman–Crippen LogP) is 4.21. The van der Waals surface area contributed by atoms with Gasteiger partial charge in [0.1, 0.15) is 5.65 Å². The lowest BCUT2D eigenvalue weighted by atomic mass is 10.1. The average Bonchev–Trinajstić information content (AvgIpc) is 3.30. The molecule has 0 unspecified atom stereocenters. The Labute approximate surface area is 204 Å². The second-order valence-electron chi connectivity index (χ2n) is 8.64. The summed E-state index contributed by atoms with van der Waals surface area (Å²) in [5.41, 5.74) is 6.30. The highest BCUT2D eigenvalue weighted by atomic mass is 16.5. The van der Waals surface area contributed by atoms with Gasteiger partial charge in [-0.1, -0.05) is 6.07 Å². The minimum atomic E-state index is -0.221. The Bertz CT molecular complexity index is 1480. The lowest BCUT2D eigenvalue weighted by Crippen LogP contribution is -2.26. The second-order valence-corrected chi connectivity index (χ2v) is 8.64. The Morgan fingerprint density at radius 3 is 2.40 bits per heavy atom.